The average Bonchev–Trinajstić information content (AvgIpc) is 2.92. The minimum absolute atomic E-state index is 0.391. The number of carbonyl (C=O) groups excluding carboxylic acids is 1. The van der Waals surface area contributed by atoms with E-state index in [0.29, 0.717) is 25.1 Å². The zero-order valence-corrected chi connectivity index (χ0v) is 19.5. The summed E-state index contributed by atoms with van der Waals surface area (Å²) in [6.07, 6.45) is 2.80. The minimum Gasteiger partial charge on any atom is -0.497 e. The monoisotopic (exact) mass is 468 g/mol. The number of rotatable bonds is 10. The highest BCUT2D eigenvalue weighted by molar-refractivity contribution is 5.93. The fraction of sp³-hybridized carbons (Fsp3) is 0.138. The van der Waals surface area contributed by atoms with Gasteiger partial charge in [-0.25, -0.2) is 5.48 Å². The van der Waals surface area contributed by atoms with Crippen molar-refractivity contribution in [1.82, 2.24) is 5.48 Å². The summed E-state index contributed by atoms with van der Waals surface area (Å²) >= 11 is 0. The maximum absolute atomic E-state index is 11.6. The SMILES string of the molecule is COc1ccc(NC/C(=C\c2ccc(C(=O)NO)cc2)CCOc2cccc3ccccc23)cc1. The van der Waals surface area contributed by atoms with Crippen molar-refractivity contribution in [2.75, 3.05) is 25.6 Å². The number of ether oxygens (including phenoxy) is 2. The Morgan fingerprint density at radius 1 is 0.914 bits per heavy atom. The van der Waals surface area contributed by atoms with Crippen molar-refractivity contribution in [3.8, 4) is 11.5 Å². The molecule has 3 N–H and O–H groups in total. The van der Waals surface area contributed by atoms with Crippen molar-refractivity contribution in [2.24, 2.45) is 0 Å². The standard InChI is InChI=1S/C29H28N2O4/c1-34-26-15-13-25(14-16-26)30-20-22(19-21-9-11-24(12-10-21)29(32)31-33)17-18-35-28-8-4-6-23-5-2-3-7-27(23)28/h2-16,19,30,33H,17-18,20H2,1H3,(H,31,32)/b22-19-. The Balaban J connectivity index is 1.48. The van der Waals surface area contributed by atoms with Crippen LogP contribution in [0.2, 0.25) is 0 Å². The van der Waals surface area contributed by atoms with Gasteiger partial charge in [0.25, 0.3) is 5.91 Å². The highest BCUT2D eigenvalue weighted by Gasteiger charge is 2.06. The third-order valence-corrected chi connectivity index (χ3v) is 5.69. The van der Waals surface area contributed by atoms with Crippen molar-refractivity contribution in [1.29, 1.82) is 0 Å². The molecule has 0 unspecified atom stereocenters. The van der Waals surface area contributed by atoms with Crippen LogP contribution in [0.25, 0.3) is 16.8 Å². The quantitative estimate of drug-likeness (QED) is 0.199. The predicted molar refractivity (Wildman–Crippen MR) is 139 cm³/mol. The summed E-state index contributed by atoms with van der Waals surface area (Å²) in [5.74, 6) is 1.14. The largest absolute Gasteiger partial charge is 0.497 e. The van der Waals surface area contributed by atoms with Gasteiger partial charge in [0.2, 0.25) is 0 Å². The van der Waals surface area contributed by atoms with E-state index in [0.717, 1.165) is 39.1 Å². The Hall–Kier alpha value is -4.29. The molecule has 178 valence electrons. The first-order valence-corrected chi connectivity index (χ1v) is 11.4. The molecule has 0 spiro atoms. The molecule has 0 bridgehead atoms. The second-order valence-corrected chi connectivity index (χ2v) is 8.02. The van der Waals surface area contributed by atoms with Gasteiger partial charge in [-0.15, -0.1) is 0 Å². The number of methoxy groups -OCH3 is 1. The summed E-state index contributed by atoms with van der Waals surface area (Å²) in [4.78, 5) is 11.6. The molecule has 4 aromatic carbocycles. The predicted octanol–water partition coefficient (Wildman–Crippen LogP) is 5.93. The number of amides is 1. The molecule has 0 aliphatic rings. The number of hydrogen-bond donors (Lipinski definition) is 3. The Kier molecular flexibility index (Phi) is 7.99. The van der Waals surface area contributed by atoms with E-state index in [2.05, 4.69) is 29.6 Å². The highest BCUT2D eigenvalue weighted by Crippen LogP contribution is 2.26. The van der Waals surface area contributed by atoms with Gasteiger partial charge in [-0.05, 0) is 59.0 Å². The van der Waals surface area contributed by atoms with E-state index >= 15 is 0 Å². The van der Waals surface area contributed by atoms with E-state index in [4.69, 9.17) is 14.7 Å². The Morgan fingerprint density at radius 2 is 1.66 bits per heavy atom. The molecule has 35 heavy (non-hydrogen) atoms. The Bertz CT molecular complexity index is 1290. The molecule has 0 saturated carbocycles. The first-order valence-electron chi connectivity index (χ1n) is 11.4. The third kappa shape index (κ3) is 6.40. The summed E-state index contributed by atoms with van der Waals surface area (Å²) in [6.45, 7) is 1.15. The van der Waals surface area contributed by atoms with Crippen LogP contribution in [0.1, 0.15) is 22.3 Å². The number of fused-ring (bicyclic) bond motifs is 1. The summed E-state index contributed by atoms with van der Waals surface area (Å²) in [5, 5.41) is 14.5. The molecule has 4 rings (SSSR count). The number of hydrogen-bond acceptors (Lipinski definition) is 5. The number of nitrogens with one attached hydrogen (secondary N) is 2. The minimum atomic E-state index is -0.537. The van der Waals surface area contributed by atoms with E-state index in [9.17, 15) is 4.79 Å². The topological polar surface area (TPSA) is 79.8 Å². The number of anilines is 1. The molecule has 0 aromatic heterocycles. The average molecular weight is 469 g/mol. The van der Waals surface area contributed by atoms with Crippen molar-refractivity contribution in [3.63, 3.8) is 0 Å². The lowest BCUT2D eigenvalue weighted by molar-refractivity contribution is 0.0706. The Labute approximate surface area is 204 Å². The van der Waals surface area contributed by atoms with Crippen LogP contribution in [0.3, 0.4) is 0 Å². The van der Waals surface area contributed by atoms with Crippen molar-refractivity contribution >= 4 is 28.4 Å². The summed E-state index contributed by atoms with van der Waals surface area (Å²) in [7, 11) is 1.65. The lowest BCUT2D eigenvalue weighted by atomic mass is 10.1. The highest BCUT2D eigenvalue weighted by atomic mass is 16.5. The van der Waals surface area contributed by atoms with E-state index in [-0.39, 0.29) is 0 Å². The van der Waals surface area contributed by atoms with Gasteiger partial charge >= 0.3 is 0 Å². The molecule has 0 aliphatic heterocycles. The number of carbonyl (C=O) groups is 1. The van der Waals surface area contributed by atoms with Gasteiger partial charge < -0.3 is 14.8 Å². The zero-order valence-electron chi connectivity index (χ0n) is 19.5. The lowest BCUT2D eigenvalue weighted by Crippen LogP contribution is -2.18. The van der Waals surface area contributed by atoms with E-state index in [1.807, 2.05) is 60.7 Å². The van der Waals surface area contributed by atoms with Gasteiger partial charge in [-0.1, -0.05) is 54.6 Å². The van der Waals surface area contributed by atoms with Crippen LogP contribution >= 0.6 is 0 Å². The molecular formula is C29H28N2O4. The molecule has 4 aromatic rings. The molecular weight excluding hydrogens is 440 g/mol. The van der Waals surface area contributed by atoms with Gasteiger partial charge in [0.05, 0.1) is 13.7 Å². The number of benzene rings is 4. The fourth-order valence-corrected chi connectivity index (χ4v) is 3.78. The molecule has 0 radical (unpaired) electrons. The number of hydroxylamine groups is 1. The molecule has 0 atom stereocenters. The summed E-state index contributed by atoms with van der Waals surface area (Å²) < 4.78 is 11.4. The first-order chi connectivity index (χ1) is 17.2. The van der Waals surface area contributed by atoms with Crippen LogP contribution in [0.15, 0.2) is 96.6 Å². The molecule has 6 nitrogen and oxygen atoms in total. The van der Waals surface area contributed by atoms with E-state index < -0.39 is 5.91 Å². The second-order valence-electron chi connectivity index (χ2n) is 8.02. The second kappa shape index (κ2) is 11.7. The molecule has 6 heteroatoms. The van der Waals surface area contributed by atoms with Gasteiger partial charge in [-0.3, -0.25) is 10.0 Å². The first kappa shape index (κ1) is 23.9. The maximum Gasteiger partial charge on any atom is 0.274 e. The van der Waals surface area contributed by atoms with Crippen LogP contribution in [0, 0.1) is 0 Å². The summed E-state index contributed by atoms with van der Waals surface area (Å²) in [5.41, 5.74) is 5.13. The molecule has 1 amide bonds. The molecule has 0 fully saturated rings. The van der Waals surface area contributed by atoms with Crippen LogP contribution in [-0.4, -0.2) is 31.4 Å². The van der Waals surface area contributed by atoms with Crippen LogP contribution < -0.4 is 20.3 Å². The van der Waals surface area contributed by atoms with E-state index in [1.165, 1.54) is 0 Å². The normalized spacial score (nSPS) is 11.2. The molecule has 0 saturated heterocycles. The van der Waals surface area contributed by atoms with Crippen LogP contribution in [0.4, 0.5) is 5.69 Å². The smallest absolute Gasteiger partial charge is 0.274 e. The van der Waals surface area contributed by atoms with Gasteiger partial charge in [0.1, 0.15) is 11.5 Å². The van der Waals surface area contributed by atoms with Gasteiger partial charge in [0, 0.05) is 29.6 Å². The van der Waals surface area contributed by atoms with Crippen LogP contribution in [-0.2, 0) is 0 Å². The van der Waals surface area contributed by atoms with Crippen molar-refractivity contribution in [2.45, 2.75) is 6.42 Å². The van der Waals surface area contributed by atoms with Crippen molar-refractivity contribution < 1.29 is 19.5 Å². The van der Waals surface area contributed by atoms with Crippen LogP contribution in [0.5, 0.6) is 11.5 Å². The zero-order chi connectivity index (χ0) is 24.5. The van der Waals surface area contributed by atoms with Gasteiger partial charge in [-0.2, -0.15) is 0 Å². The maximum atomic E-state index is 11.6. The van der Waals surface area contributed by atoms with Gasteiger partial charge in [0.15, 0.2) is 0 Å². The summed E-state index contributed by atoms with van der Waals surface area (Å²) in [6, 6.07) is 29.1. The van der Waals surface area contributed by atoms with E-state index in [1.54, 1.807) is 24.7 Å². The molecule has 0 heterocycles. The van der Waals surface area contributed by atoms with Crippen molar-refractivity contribution in [3.05, 3.63) is 108 Å². The fourth-order valence-electron chi connectivity index (χ4n) is 3.78. The molecule has 0 aliphatic carbocycles. The Morgan fingerprint density at radius 3 is 2.40 bits per heavy atom. The third-order valence-electron chi connectivity index (χ3n) is 5.69. The lowest BCUT2D eigenvalue weighted by Gasteiger charge is -2.14.